The maximum absolute atomic E-state index is 3.88. The molecule has 0 amide bonds. The summed E-state index contributed by atoms with van der Waals surface area (Å²) in [5.41, 5.74) is 1.07. The molecule has 0 aliphatic rings. The first-order valence-corrected chi connectivity index (χ1v) is 2.17. The Balaban J connectivity index is 0.000000490. The first kappa shape index (κ1) is 8.31. The molecule has 0 bridgehead atoms. The Morgan fingerprint density at radius 3 is 2.50 bits per heavy atom. The van der Waals surface area contributed by atoms with Gasteiger partial charge in [0.1, 0.15) is 0 Å². The molecule has 1 aromatic heterocycles. The molecule has 2 nitrogen and oxygen atoms in total. The van der Waals surface area contributed by atoms with Crippen LogP contribution in [0.2, 0.25) is 0 Å². The average Bonchev–Trinajstić information content (AvgIpc) is 1.91. The van der Waals surface area contributed by atoms with Crippen molar-refractivity contribution in [2.75, 3.05) is 0 Å². The summed E-state index contributed by atoms with van der Waals surface area (Å²) < 4.78 is 1.78. The number of hydrogen-bond acceptors (Lipinski definition) is 1. The Hall–Kier alpha value is 0.314. The third kappa shape index (κ3) is 1.68. The molecule has 8 heavy (non-hydrogen) atoms. The van der Waals surface area contributed by atoms with E-state index in [2.05, 4.69) is 11.2 Å². The van der Waals surface area contributed by atoms with Crippen LogP contribution in [0.1, 0.15) is 5.69 Å². The van der Waals surface area contributed by atoms with Gasteiger partial charge in [-0.15, -0.1) is 11.9 Å². The largest absolute Gasteiger partial charge is 0.429 e. The minimum atomic E-state index is 0. The van der Waals surface area contributed by atoms with Crippen LogP contribution in [0.15, 0.2) is 6.20 Å². The zero-order valence-electron chi connectivity index (χ0n) is 5.05. The van der Waals surface area contributed by atoms with Crippen molar-refractivity contribution in [2.45, 2.75) is 6.92 Å². The van der Waals surface area contributed by atoms with Gasteiger partial charge in [-0.2, -0.15) is 0 Å². The number of rotatable bonds is 0. The van der Waals surface area contributed by atoms with Crippen molar-refractivity contribution < 1.29 is 32.7 Å². The van der Waals surface area contributed by atoms with Crippen LogP contribution in [0.4, 0.5) is 0 Å². The van der Waals surface area contributed by atoms with Gasteiger partial charge in [-0.25, -0.2) is 5.10 Å². The van der Waals surface area contributed by atoms with E-state index in [1.165, 1.54) is 0 Å². The van der Waals surface area contributed by atoms with E-state index in [4.69, 9.17) is 0 Å². The number of aromatic nitrogens is 2. The smallest absolute Gasteiger partial charge is 0.0265 e. The van der Waals surface area contributed by atoms with E-state index in [9.17, 15) is 0 Å². The van der Waals surface area contributed by atoms with Crippen LogP contribution in [0.3, 0.4) is 0 Å². The molecule has 0 aliphatic carbocycles. The quantitative estimate of drug-likeness (QED) is 0.537. The minimum absolute atomic E-state index is 0. The van der Waals surface area contributed by atoms with Crippen LogP contribution in [0.25, 0.3) is 0 Å². The topological polar surface area (TPSA) is 17.8 Å². The second-order valence-corrected chi connectivity index (χ2v) is 1.50. The van der Waals surface area contributed by atoms with Crippen molar-refractivity contribution in [2.24, 2.45) is 7.05 Å². The molecule has 41 valence electrons. The average molecular weight is 184 g/mol. The predicted molar refractivity (Wildman–Crippen MR) is 26.8 cm³/mol. The Morgan fingerprint density at radius 2 is 2.38 bits per heavy atom. The third-order valence-electron chi connectivity index (χ3n) is 0.990. The van der Waals surface area contributed by atoms with E-state index in [0.29, 0.717) is 0 Å². The Morgan fingerprint density at radius 1 is 1.75 bits per heavy atom. The molecule has 3 heteroatoms. The van der Waals surface area contributed by atoms with Gasteiger partial charge >= 0.3 is 0 Å². The van der Waals surface area contributed by atoms with Crippen molar-refractivity contribution in [3.8, 4) is 0 Å². The summed E-state index contributed by atoms with van der Waals surface area (Å²) in [6.45, 7) is 1.97. The van der Waals surface area contributed by atoms with Crippen LogP contribution < -0.4 is 0 Å². The number of hydrogen-bond donors (Lipinski definition) is 0. The Bertz CT molecular complexity index is 143. The first-order valence-electron chi connectivity index (χ1n) is 2.17. The van der Waals surface area contributed by atoms with Crippen molar-refractivity contribution in [1.29, 1.82) is 0 Å². The van der Waals surface area contributed by atoms with Crippen LogP contribution in [-0.2, 0) is 39.8 Å². The van der Waals surface area contributed by atoms with E-state index in [0.717, 1.165) is 5.69 Å². The molecule has 0 fully saturated rings. The van der Waals surface area contributed by atoms with E-state index >= 15 is 0 Å². The van der Waals surface area contributed by atoms with Crippen molar-refractivity contribution in [3.63, 3.8) is 0 Å². The van der Waals surface area contributed by atoms with E-state index in [1.807, 2.05) is 14.0 Å². The molecule has 1 aromatic rings. The molecule has 0 N–H and O–H groups in total. The van der Waals surface area contributed by atoms with Crippen LogP contribution in [-0.4, -0.2) is 9.78 Å². The molecular formula is C5H7N2Y-. The summed E-state index contributed by atoms with van der Waals surface area (Å²) in [6.07, 6.45) is 1.66. The maximum atomic E-state index is 3.88. The number of aryl methyl sites for hydroxylation is 2. The zero-order valence-corrected chi connectivity index (χ0v) is 7.89. The van der Waals surface area contributed by atoms with Gasteiger partial charge in [-0.3, -0.25) is 0 Å². The van der Waals surface area contributed by atoms with E-state index < -0.39 is 0 Å². The summed E-state index contributed by atoms with van der Waals surface area (Å²) in [4.78, 5) is 0. The second kappa shape index (κ2) is 3.36. The molecule has 1 heterocycles. The molecule has 0 aliphatic heterocycles. The molecule has 0 atom stereocenters. The fourth-order valence-corrected chi connectivity index (χ4v) is 0.389. The van der Waals surface area contributed by atoms with Crippen LogP contribution in [0.5, 0.6) is 0 Å². The van der Waals surface area contributed by atoms with Gasteiger partial charge in [-0.1, -0.05) is 6.92 Å². The fraction of sp³-hybridized carbons (Fsp3) is 0.400. The van der Waals surface area contributed by atoms with Gasteiger partial charge in [0.25, 0.3) is 0 Å². The van der Waals surface area contributed by atoms with Gasteiger partial charge in [0.05, 0.1) is 0 Å². The maximum Gasteiger partial charge on any atom is 0.0265 e. The van der Waals surface area contributed by atoms with Crippen molar-refractivity contribution in [1.82, 2.24) is 9.78 Å². The second-order valence-electron chi connectivity index (χ2n) is 1.50. The normalized spacial score (nSPS) is 8.25. The SMILES string of the molecule is Cc1[c-]cnn1C.[Y]. The van der Waals surface area contributed by atoms with Gasteiger partial charge in [0.2, 0.25) is 0 Å². The fourth-order valence-electron chi connectivity index (χ4n) is 0.389. The van der Waals surface area contributed by atoms with Crippen LogP contribution >= 0.6 is 0 Å². The van der Waals surface area contributed by atoms with E-state index in [-0.39, 0.29) is 32.7 Å². The first-order chi connectivity index (χ1) is 3.30. The molecule has 1 radical (unpaired) electrons. The molecular weight excluding hydrogens is 177 g/mol. The monoisotopic (exact) mass is 184 g/mol. The van der Waals surface area contributed by atoms with Crippen molar-refractivity contribution >= 4 is 0 Å². The molecule has 0 aromatic carbocycles. The minimum Gasteiger partial charge on any atom is -0.429 e. The summed E-state index contributed by atoms with van der Waals surface area (Å²) in [5, 5.41) is 3.88. The Labute approximate surface area is 74.2 Å². The summed E-state index contributed by atoms with van der Waals surface area (Å²) >= 11 is 0. The van der Waals surface area contributed by atoms with E-state index in [1.54, 1.807) is 10.9 Å². The van der Waals surface area contributed by atoms with Gasteiger partial charge < -0.3 is 10.7 Å². The predicted octanol–water partition coefficient (Wildman–Crippen LogP) is 0.526. The summed E-state index contributed by atoms with van der Waals surface area (Å²) in [5.74, 6) is 0. The molecule has 0 saturated carbocycles. The van der Waals surface area contributed by atoms with Crippen molar-refractivity contribution in [3.05, 3.63) is 18.0 Å². The standard InChI is InChI=1S/C5H7N2.Y/c1-5-3-4-6-7(5)2;/h4H,1-2H3;/q-1;. The summed E-state index contributed by atoms with van der Waals surface area (Å²) in [7, 11) is 1.89. The molecule has 1 rings (SSSR count). The van der Waals surface area contributed by atoms with Crippen LogP contribution in [0, 0.1) is 13.0 Å². The van der Waals surface area contributed by atoms with Gasteiger partial charge in [0, 0.05) is 39.8 Å². The van der Waals surface area contributed by atoms with Gasteiger partial charge in [0.15, 0.2) is 0 Å². The molecule has 0 spiro atoms. The summed E-state index contributed by atoms with van der Waals surface area (Å²) in [6, 6.07) is 2.92. The molecule has 0 unspecified atom stereocenters. The zero-order chi connectivity index (χ0) is 5.28. The van der Waals surface area contributed by atoms with Gasteiger partial charge in [-0.05, 0) is 0 Å². The Kier molecular flexibility index (Phi) is 3.49. The third-order valence-corrected chi connectivity index (χ3v) is 0.990. The molecule has 0 saturated heterocycles. The number of nitrogens with zero attached hydrogens (tertiary/aromatic N) is 2.